The minimum Gasteiger partial charge on any atom is -0.316 e. The zero-order chi connectivity index (χ0) is 13.8. The van der Waals surface area contributed by atoms with Gasteiger partial charge in [0.25, 0.3) is 0 Å². The second-order valence-electron chi connectivity index (χ2n) is 4.35. The Morgan fingerprint density at radius 3 is 2.80 bits per heavy atom. The van der Waals surface area contributed by atoms with E-state index in [4.69, 9.17) is 0 Å². The molecule has 0 aliphatic carbocycles. The minimum absolute atomic E-state index is 0.601. The number of benzene rings is 1. The molecule has 1 aromatic carbocycles. The van der Waals surface area contributed by atoms with Gasteiger partial charge in [-0.3, -0.25) is 4.98 Å². The molecule has 6 heteroatoms. The summed E-state index contributed by atoms with van der Waals surface area (Å²) in [5, 5.41) is 15.6. The first-order valence-corrected chi connectivity index (χ1v) is 6.31. The lowest BCUT2D eigenvalue weighted by Gasteiger charge is -2.02. The predicted octanol–water partition coefficient (Wildman–Crippen LogP) is 1.44. The van der Waals surface area contributed by atoms with E-state index in [2.05, 4.69) is 25.7 Å². The molecule has 0 atom stereocenters. The SMILES string of the molecule is CNCc1cncc(-n2nnc(-c3ccccc3)n2)c1. The maximum atomic E-state index is 4.39. The molecule has 2 heterocycles. The van der Waals surface area contributed by atoms with E-state index in [-0.39, 0.29) is 0 Å². The molecule has 0 bridgehead atoms. The molecule has 2 aromatic heterocycles. The molecule has 3 rings (SSSR count). The highest BCUT2D eigenvalue weighted by atomic mass is 15.6. The third-order valence-corrected chi connectivity index (χ3v) is 2.84. The molecule has 0 fully saturated rings. The van der Waals surface area contributed by atoms with Gasteiger partial charge < -0.3 is 5.32 Å². The van der Waals surface area contributed by atoms with E-state index in [0.29, 0.717) is 5.82 Å². The maximum absolute atomic E-state index is 4.39. The summed E-state index contributed by atoms with van der Waals surface area (Å²) in [4.78, 5) is 5.69. The van der Waals surface area contributed by atoms with Gasteiger partial charge in [-0.15, -0.1) is 15.0 Å². The van der Waals surface area contributed by atoms with E-state index in [1.165, 1.54) is 4.80 Å². The molecular weight excluding hydrogens is 252 g/mol. The molecule has 100 valence electrons. The summed E-state index contributed by atoms with van der Waals surface area (Å²) in [6.45, 7) is 0.751. The molecule has 0 saturated carbocycles. The van der Waals surface area contributed by atoms with Crippen LogP contribution in [0.3, 0.4) is 0 Å². The summed E-state index contributed by atoms with van der Waals surface area (Å²) in [6, 6.07) is 11.8. The molecule has 6 nitrogen and oxygen atoms in total. The van der Waals surface area contributed by atoms with Crippen LogP contribution in [0.1, 0.15) is 5.56 Å². The lowest BCUT2D eigenvalue weighted by atomic mass is 10.2. The fourth-order valence-electron chi connectivity index (χ4n) is 1.91. The van der Waals surface area contributed by atoms with Crippen molar-refractivity contribution in [2.24, 2.45) is 0 Å². The molecule has 0 spiro atoms. The topological polar surface area (TPSA) is 68.5 Å². The van der Waals surface area contributed by atoms with Crippen LogP contribution in [0.25, 0.3) is 17.1 Å². The summed E-state index contributed by atoms with van der Waals surface area (Å²) < 4.78 is 0. The molecular formula is C14H14N6. The van der Waals surface area contributed by atoms with Crippen LogP contribution in [-0.4, -0.2) is 32.2 Å². The quantitative estimate of drug-likeness (QED) is 0.774. The summed E-state index contributed by atoms with van der Waals surface area (Å²) in [6.07, 6.45) is 3.53. The van der Waals surface area contributed by atoms with Crippen molar-refractivity contribution in [2.45, 2.75) is 6.54 Å². The average molecular weight is 266 g/mol. The van der Waals surface area contributed by atoms with Gasteiger partial charge in [-0.2, -0.15) is 0 Å². The van der Waals surface area contributed by atoms with Crippen LogP contribution >= 0.6 is 0 Å². The minimum atomic E-state index is 0.601. The van der Waals surface area contributed by atoms with Crippen molar-refractivity contribution in [1.82, 2.24) is 30.5 Å². The monoisotopic (exact) mass is 266 g/mol. The van der Waals surface area contributed by atoms with Crippen LogP contribution < -0.4 is 5.32 Å². The Kier molecular flexibility index (Phi) is 3.47. The lowest BCUT2D eigenvalue weighted by Crippen LogP contribution is -2.07. The first-order chi connectivity index (χ1) is 9.86. The van der Waals surface area contributed by atoms with E-state index >= 15 is 0 Å². The Labute approximate surface area is 116 Å². The van der Waals surface area contributed by atoms with Crippen molar-refractivity contribution in [3.8, 4) is 17.1 Å². The second kappa shape index (κ2) is 5.58. The van der Waals surface area contributed by atoms with Crippen molar-refractivity contribution < 1.29 is 0 Å². The normalized spacial score (nSPS) is 10.7. The third-order valence-electron chi connectivity index (χ3n) is 2.84. The third kappa shape index (κ3) is 2.55. The highest BCUT2D eigenvalue weighted by Gasteiger charge is 2.07. The number of nitrogens with zero attached hydrogens (tertiary/aromatic N) is 5. The molecule has 0 saturated heterocycles. The molecule has 3 aromatic rings. The highest BCUT2D eigenvalue weighted by molar-refractivity contribution is 5.53. The molecule has 1 N–H and O–H groups in total. The van der Waals surface area contributed by atoms with Gasteiger partial charge in [-0.05, 0) is 23.9 Å². The van der Waals surface area contributed by atoms with Gasteiger partial charge in [0.15, 0.2) is 0 Å². The Hall–Kier alpha value is -2.60. The Balaban J connectivity index is 1.92. The Morgan fingerprint density at radius 1 is 1.15 bits per heavy atom. The zero-order valence-corrected chi connectivity index (χ0v) is 11.1. The molecule has 0 unspecified atom stereocenters. The van der Waals surface area contributed by atoms with Crippen LogP contribution in [0, 0.1) is 0 Å². The van der Waals surface area contributed by atoms with Crippen LogP contribution in [0.4, 0.5) is 0 Å². The van der Waals surface area contributed by atoms with E-state index < -0.39 is 0 Å². The van der Waals surface area contributed by atoms with Crippen LogP contribution in [0.2, 0.25) is 0 Å². The van der Waals surface area contributed by atoms with Gasteiger partial charge in [0.05, 0.1) is 6.20 Å². The predicted molar refractivity (Wildman–Crippen MR) is 75.1 cm³/mol. The fourth-order valence-corrected chi connectivity index (χ4v) is 1.91. The van der Waals surface area contributed by atoms with E-state index in [1.54, 1.807) is 6.20 Å². The number of pyridine rings is 1. The van der Waals surface area contributed by atoms with Crippen molar-refractivity contribution >= 4 is 0 Å². The number of aromatic nitrogens is 5. The number of nitrogens with one attached hydrogen (secondary N) is 1. The van der Waals surface area contributed by atoms with Crippen molar-refractivity contribution in [3.05, 3.63) is 54.4 Å². The maximum Gasteiger partial charge on any atom is 0.205 e. The van der Waals surface area contributed by atoms with Gasteiger partial charge in [0.2, 0.25) is 5.82 Å². The van der Waals surface area contributed by atoms with Crippen molar-refractivity contribution in [3.63, 3.8) is 0 Å². The van der Waals surface area contributed by atoms with Gasteiger partial charge in [-0.25, -0.2) is 0 Å². The van der Waals surface area contributed by atoms with Crippen molar-refractivity contribution in [2.75, 3.05) is 7.05 Å². The average Bonchev–Trinajstić information content (AvgIpc) is 2.99. The Bertz CT molecular complexity index is 692. The molecule has 20 heavy (non-hydrogen) atoms. The van der Waals surface area contributed by atoms with Crippen molar-refractivity contribution in [1.29, 1.82) is 0 Å². The second-order valence-corrected chi connectivity index (χ2v) is 4.35. The first-order valence-electron chi connectivity index (χ1n) is 6.31. The summed E-state index contributed by atoms with van der Waals surface area (Å²) in [7, 11) is 1.90. The molecule has 0 aliphatic rings. The molecule has 0 radical (unpaired) electrons. The van der Waals surface area contributed by atoms with Crippen LogP contribution in [-0.2, 0) is 6.54 Å². The lowest BCUT2D eigenvalue weighted by molar-refractivity contribution is 0.712. The Morgan fingerprint density at radius 2 is 2.00 bits per heavy atom. The first kappa shape index (κ1) is 12.4. The van der Waals surface area contributed by atoms with E-state index in [9.17, 15) is 0 Å². The summed E-state index contributed by atoms with van der Waals surface area (Å²) >= 11 is 0. The van der Waals surface area contributed by atoms with Gasteiger partial charge in [-0.1, -0.05) is 30.3 Å². The number of rotatable bonds is 4. The number of hydrogen-bond acceptors (Lipinski definition) is 5. The summed E-state index contributed by atoms with van der Waals surface area (Å²) in [5.74, 6) is 0.601. The van der Waals surface area contributed by atoms with Crippen LogP contribution in [0.5, 0.6) is 0 Å². The highest BCUT2D eigenvalue weighted by Crippen LogP contribution is 2.13. The fraction of sp³-hybridized carbons (Fsp3) is 0.143. The van der Waals surface area contributed by atoms with Gasteiger partial charge in [0, 0.05) is 18.3 Å². The van der Waals surface area contributed by atoms with Crippen LogP contribution in [0.15, 0.2) is 48.8 Å². The standard InChI is InChI=1S/C14H14N6/c1-15-8-11-7-13(10-16-9-11)20-18-14(17-19-20)12-5-3-2-4-6-12/h2-7,9-10,15H,8H2,1H3. The summed E-state index contributed by atoms with van der Waals surface area (Å²) in [5.41, 5.74) is 2.81. The van der Waals surface area contributed by atoms with Gasteiger partial charge >= 0.3 is 0 Å². The molecule has 0 aliphatic heterocycles. The number of hydrogen-bond donors (Lipinski definition) is 1. The number of tetrazole rings is 1. The van der Waals surface area contributed by atoms with Gasteiger partial charge in [0.1, 0.15) is 5.69 Å². The smallest absolute Gasteiger partial charge is 0.205 e. The molecule has 0 amide bonds. The largest absolute Gasteiger partial charge is 0.316 e. The van der Waals surface area contributed by atoms with E-state index in [0.717, 1.165) is 23.4 Å². The van der Waals surface area contributed by atoms with E-state index in [1.807, 2.05) is 49.6 Å². The zero-order valence-electron chi connectivity index (χ0n) is 11.1.